The molecular weight excluding hydrogens is 280 g/mol. The van der Waals surface area contributed by atoms with Crippen molar-refractivity contribution in [1.29, 1.82) is 0 Å². The highest BCUT2D eigenvalue weighted by atomic mass is 16.5. The minimum Gasteiger partial charge on any atom is -0.481 e. The molecule has 1 heterocycles. The third kappa shape index (κ3) is 3.90. The van der Waals surface area contributed by atoms with Gasteiger partial charge in [0.2, 0.25) is 5.88 Å². The van der Waals surface area contributed by atoms with Gasteiger partial charge in [0.05, 0.1) is 17.8 Å². The van der Waals surface area contributed by atoms with Gasteiger partial charge in [0.25, 0.3) is 0 Å². The number of carboxylic acids is 1. The first-order valence-electron chi connectivity index (χ1n) is 8.33. The van der Waals surface area contributed by atoms with Crippen LogP contribution in [0.1, 0.15) is 51.4 Å². The van der Waals surface area contributed by atoms with Crippen LogP contribution in [-0.4, -0.2) is 28.2 Å². The Morgan fingerprint density at radius 2 is 1.86 bits per heavy atom. The Kier molecular flexibility index (Phi) is 4.80. The van der Waals surface area contributed by atoms with E-state index in [1.54, 1.807) is 0 Å². The summed E-state index contributed by atoms with van der Waals surface area (Å²) in [5.74, 6) is -0.126. The lowest BCUT2D eigenvalue weighted by atomic mass is 9.86. The topological polar surface area (TPSA) is 71.5 Å². The van der Waals surface area contributed by atoms with Crippen molar-refractivity contribution >= 4 is 11.7 Å². The molecule has 0 spiro atoms. The molecule has 2 saturated carbocycles. The molecule has 0 unspecified atom stereocenters. The number of carbonyl (C=O) groups is 1. The molecular formula is C17H24N2O3. The maximum atomic E-state index is 11.0. The highest BCUT2D eigenvalue weighted by Gasteiger charge is 2.25. The van der Waals surface area contributed by atoms with Crippen LogP contribution in [-0.2, 0) is 4.79 Å². The molecule has 0 saturated heterocycles. The van der Waals surface area contributed by atoms with Gasteiger partial charge in [-0.1, -0.05) is 0 Å². The Morgan fingerprint density at radius 3 is 2.45 bits per heavy atom. The van der Waals surface area contributed by atoms with Gasteiger partial charge in [0.1, 0.15) is 6.10 Å². The fraction of sp³-hybridized carbons (Fsp3) is 0.647. The van der Waals surface area contributed by atoms with Crippen molar-refractivity contribution in [2.45, 2.75) is 63.5 Å². The zero-order valence-corrected chi connectivity index (χ0v) is 12.8. The zero-order chi connectivity index (χ0) is 15.4. The number of ether oxygens (including phenoxy) is 1. The number of hydrogen-bond acceptors (Lipinski definition) is 4. The Morgan fingerprint density at radius 1 is 1.14 bits per heavy atom. The van der Waals surface area contributed by atoms with E-state index >= 15 is 0 Å². The van der Waals surface area contributed by atoms with Gasteiger partial charge < -0.3 is 15.2 Å². The molecule has 0 amide bonds. The SMILES string of the molecule is O=C(O)C1CCC(Nc2ccc(OC3CCCC3)nc2)CC1. The number of aliphatic carboxylic acids is 1. The van der Waals surface area contributed by atoms with Crippen LogP contribution in [0.3, 0.4) is 0 Å². The Labute approximate surface area is 131 Å². The third-order valence-corrected chi connectivity index (χ3v) is 4.77. The van der Waals surface area contributed by atoms with E-state index in [1.165, 1.54) is 12.8 Å². The van der Waals surface area contributed by atoms with E-state index in [9.17, 15) is 4.79 Å². The number of nitrogens with zero attached hydrogens (tertiary/aromatic N) is 1. The Balaban J connectivity index is 1.48. The lowest BCUT2D eigenvalue weighted by Crippen LogP contribution is -2.29. The van der Waals surface area contributed by atoms with E-state index in [2.05, 4.69) is 10.3 Å². The first-order valence-corrected chi connectivity index (χ1v) is 8.33. The van der Waals surface area contributed by atoms with E-state index < -0.39 is 5.97 Å². The second kappa shape index (κ2) is 6.99. The van der Waals surface area contributed by atoms with Crippen LogP contribution in [0.15, 0.2) is 18.3 Å². The molecule has 2 aliphatic carbocycles. The average Bonchev–Trinajstić information content (AvgIpc) is 3.03. The largest absolute Gasteiger partial charge is 0.481 e. The molecule has 1 aromatic rings. The average molecular weight is 304 g/mol. The van der Waals surface area contributed by atoms with Gasteiger partial charge in [-0.15, -0.1) is 0 Å². The van der Waals surface area contributed by atoms with Gasteiger partial charge >= 0.3 is 5.97 Å². The first-order chi connectivity index (χ1) is 10.7. The monoisotopic (exact) mass is 304 g/mol. The Bertz CT molecular complexity index is 489. The van der Waals surface area contributed by atoms with Crippen molar-refractivity contribution in [2.75, 3.05) is 5.32 Å². The lowest BCUT2D eigenvalue weighted by molar-refractivity contribution is -0.142. The van der Waals surface area contributed by atoms with E-state index in [0.29, 0.717) is 18.0 Å². The predicted molar refractivity (Wildman–Crippen MR) is 84.1 cm³/mol. The van der Waals surface area contributed by atoms with Crippen LogP contribution >= 0.6 is 0 Å². The van der Waals surface area contributed by atoms with Crippen LogP contribution in [0, 0.1) is 5.92 Å². The summed E-state index contributed by atoms with van der Waals surface area (Å²) in [6.07, 6.45) is 10.2. The van der Waals surface area contributed by atoms with Gasteiger partial charge in [-0.05, 0) is 57.4 Å². The van der Waals surface area contributed by atoms with Crippen molar-refractivity contribution in [3.63, 3.8) is 0 Å². The van der Waals surface area contributed by atoms with Gasteiger partial charge in [0, 0.05) is 12.1 Å². The molecule has 5 heteroatoms. The lowest BCUT2D eigenvalue weighted by Gasteiger charge is -2.27. The molecule has 0 bridgehead atoms. The normalized spacial score (nSPS) is 25.8. The van der Waals surface area contributed by atoms with Gasteiger partial charge in [0.15, 0.2) is 0 Å². The molecule has 22 heavy (non-hydrogen) atoms. The minimum absolute atomic E-state index is 0.168. The van der Waals surface area contributed by atoms with Crippen molar-refractivity contribution in [3.8, 4) is 5.88 Å². The fourth-order valence-electron chi connectivity index (χ4n) is 3.43. The van der Waals surface area contributed by atoms with Gasteiger partial charge in [-0.2, -0.15) is 0 Å². The minimum atomic E-state index is -0.659. The summed E-state index contributed by atoms with van der Waals surface area (Å²) in [4.78, 5) is 15.3. The zero-order valence-electron chi connectivity index (χ0n) is 12.8. The maximum absolute atomic E-state index is 11.0. The summed E-state index contributed by atoms with van der Waals surface area (Å²) < 4.78 is 5.86. The Hall–Kier alpha value is -1.78. The number of anilines is 1. The summed E-state index contributed by atoms with van der Waals surface area (Å²) >= 11 is 0. The van der Waals surface area contributed by atoms with E-state index in [-0.39, 0.29) is 5.92 Å². The smallest absolute Gasteiger partial charge is 0.306 e. The quantitative estimate of drug-likeness (QED) is 0.871. The molecule has 0 radical (unpaired) electrons. The van der Waals surface area contributed by atoms with Crippen LogP contribution in [0.5, 0.6) is 5.88 Å². The van der Waals surface area contributed by atoms with Crippen molar-refractivity contribution in [3.05, 3.63) is 18.3 Å². The van der Waals surface area contributed by atoms with E-state index in [4.69, 9.17) is 9.84 Å². The highest BCUT2D eigenvalue weighted by Crippen LogP contribution is 2.27. The molecule has 120 valence electrons. The summed E-state index contributed by atoms with van der Waals surface area (Å²) in [5.41, 5.74) is 0.984. The number of nitrogens with one attached hydrogen (secondary N) is 1. The summed E-state index contributed by atoms with van der Waals surface area (Å²) in [6.45, 7) is 0. The van der Waals surface area contributed by atoms with E-state index in [1.807, 2.05) is 18.3 Å². The first kappa shape index (κ1) is 15.1. The molecule has 3 rings (SSSR count). The molecule has 2 fully saturated rings. The van der Waals surface area contributed by atoms with Crippen molar-refractivity contribution in [1.82, 2.24) is 4.98 Å². The molecule has 2 N–H and O–H groups in total. The summed E-state index contributed by atoms with van der Waals surface area (Å²) in [6, 6.07) is 4.27. The van der Waals surface area contributed by atoms with Gasteiger partial charge in [-0.25, -0.2) is 4.98 Å². The molecule has 1 aromatic heterocycles. The number of pyridine rings is 1. The van der Waals surface area contributed by atoms with Crippen LogP contribution in [0.4, 0.5) is 5.69 Å². The summed E-state index contributed by atoms with van der Waals surface area (Å²) in [5, 5.41) is 12.5. The fourth-order valence-corrected chi connectivity index (χ4v) is 3.43. The number of carboxylic acid groups (broad SMARTS) is 1. The highest BCUT2D eigenvalue weighted by molar-refractivity contribution is 5.70. The number of rotatable bonds is 5. The number of hydrogen-bond donors (Lipinski definition) is 2. The van der Waals surface area contributed by atoms with Crippen LogP contribution in [0.2, 0.25) is 0 Å². The maximum Gasteiger partial charge on any atom is 0.306 e. The molecule has 0 aromatic carbocycles. The number of aromatic nitrogens is 1. The molecule has 5 nitrogen and oxygen atoms in total. The van der Waals surface area contributed by atoms with E-state index in [0.717, 1.165) is 44.2 Å². The predicted octanol–water partition coefficient (Wildman–Crippen LogP) is 3.46. The summed E-state index contributed by atoms with van der Waals surface area (Å²) in [7, 11) is 0. The third-order valence-electron chi connectivity index (χ3n) is 4.77. The second-order valence-corrected chi connectivity index (χ2v) is 6.44. The van der Waals surface area contributed by atoms with Gasteiger partial charge in [-0.3, -0.25) is 4.79 Å². The molecule has 0 aliphatic heterocycles. The standard InChI is InChI=1S/C17H24N2O3/c20-17(21)12-5-7-13(8-6-12)19-14-9-10-16(18-11-14)22-15-3-1-2-4-15/h9-13,15,19H,1-8H2,(H,20,21). The van der Waals surface area contributed by atoms with Crippen molar-refractivity contribution in [2.24, 2.45) is 5.92 Å². The van der Waals surface area contributed by atoms with Crippen molar-refractivity contribution < 1.29 is 14.6 Å². The van der Waals surface area contributed by atoms with Crippen LogP contribution in [0.25, 0.3) is 0 Å². The molecule has 2 aliphatic rings. The molecule has 0 atom stereocenters. The second-order valence-electron chi connectivity index (χ2n) is 6.44. The van der Waals surface area contributed by atoms with Crippen LogP contribution < -0.4 is 10.1 Å².